The van der Waals surface area contributed by atoms with Gasteiger partial charge in [0.1, 0.15) is 0 Å². The van der Waals surface area contributed by atoms with Crippen molar-refractivity contribution < 1.29 is 0 Å². The lowest BCUT2D eigenvalue weighted by Crippen LogP contribution is -1.98. The molecule has 0 aliphatic carbocycles. The highest BCUT2D eigenvalue weighted by molar-refractivity contribution is 5.35. The van der Waals surface area contributed by atoms with E-state index in [9.17, 15) is 0 Å². The molecule has 0 fully saturated rings. The van der Waals surface area contributed by atoms with Crippen LogP contribution in [0.2, 0.25) is 0 Å². The second kappa shape index (κ2) is 3.73. The van der Waals surface area contributed by atoms with E-state index in [1.165, 1.54) is 5.56 Å². The van der Waals surface area contributed by atoms with Crippen LogP contribution in [0, 0.1) is 0 Å². The Morgan fingerprint density at radius 1 is 0.938 bits per heavy atom. The van der Waals surface area contributed by atoms with Crippen LogP contribution in [0.25, 0.3) is 5.65 Å². The molecule has 0 spiro atoms. The lowest BCUT2D eigenvalue weighted by molar-refractivity contribution is 0.838. The summed E-state index contributed by atoms with van der Waals surface area (Å²) in [5.41, 5.74) is 2.00. The van der Waals surface area contributed by atoms with E-state index in [0.717, 1.165) is 17.9 Å². The maximum Gasteiger partial charge on any atom is 0.177 e. The summed E-state index contributed by atoms with van der Waals surface area (Å²) < 4.78 is 1.77. The van der Waals surface area contributed by atoms with Crippen LogP contribution in [0.15, 0.2) is 48.7 Å². The van der Waals surface area contributed by atoms with E-state index >= 15 is 0 Å². The van der Waals surface area contributed by atoms with Crippen LogP contribution in [0.1, 0.15) is 11.4 Å². The molecule has 78 valence electrons. The van der Waals surface area contributed by atoms with Crippen molar-refractivity contribution in [3.8, 4) is 0 Å². The Bertz CT molecular complexity index is 600. The van der Waals surface area contributed by atoms with Gasteiger partial charge in [0.25, 0.3) is 0 Å². The first kappa shape index (κ1) is 9.03. The van der Waals surface area contributed by atoms with Gasteiger partial charge in [0.15, 0.2) is 11.5 Å². The van der Waals surface area contributed by atoms with Gasteiger partial charge in [-0.3, -0.25) is 0 Å². The van der Waals surface area contributed by atoms with Crippen molar-refractivity contribution in [3.05, 3.63) is 60.0 Å². The van der Waals surface area contributed by atoms with Crippen molar-refractivity contribution in [1.82, 2.24) is 19.8 Å². The van der Waals surface area contributed by atoms with Crippen LogP contribution in [-0.4, -0.2) is 19.8 Å². The quantitative estimate of drug-likeness (QED) is 0.646. The molecule has 2 heterocycles. The molecule has 0 aliphatic rings. The molecule has 0 saturated carbocycles. The third-order valence-corrected chi connectivity index (χ3v) is 2.45. The Balaban J connectivity index is 2.01. The monoisotopic (exact) mass is 210 g/mol. The van der Waals surface area contributed by atoms with Crippen LogP contribution in [0.5, 0.6) is 0 Å². The van der Waals surface area contributed by atoms with Crippen molar-refractivity contribution in [3.63, 3.8) is 0 Å². The summed E-state index contributed by atoms with van der Waals surface area (Å²) in [4.78, 5) is 0. The molecular weight excluding hydrogens is 200 g/mol. The zero-order valence-electron chi connectivity index (χ0n) is 8.61. The Morgan fingerprint density at radius 3 is 2.69 bits per heavy atom. The maximum atomic E-state index is 4.23. The summed E-state index contributed by atoms with van der Waals surface area (Å²) in [5.74, 6) is 0.863. The SMILES string of the molecule is c1ccc(Cc2nnc3cccnn23)cc1. The average molecular weight is 210 g/mol. The van der Waals surface area contributed by atoms with Gasteiger partial charge in [-0.1, -0.05) is 30.3 Å². The molecule has 0 radical (unpaired) electrons. The van der Waals surface area contributed by atoms with Crippen molar-refractivity contribution >= 4 is 5.65 Å². The third kappa shape index (κ3) is 1.54. The number of hydrogen-bond acceptors (Lipinski definition) is 3. The third-order valence-electron chi connectivity index (χ3n) is 2.45. The highest BCUT2D eigenvalue weighted by atomic mass is 15.4. The van der Waals surface area contributed by atoms with Crippen molar-refractivity contribution in [2.45, 2.75) is 6.42 Å². The molecular formula is C12H10N4. The average Bonchev–Trinajstić information content (AvgIpc) is 2.74. The van der Waals surface area contributed by atoms with Crippen molar-refractivity contribution in [1.29, 1.82) is 0 Å². The van der Waals surface area contributed by atoms with E-state index in [2.05, 4.69) is 27.4 Å². The first-order valence-corrected chi connectivity index (χ1v) is 5.13. The first-order valence-electron chi connectivity index (χ1n) is 5.13. The molecule has 2 aromatic heterocycles. The van der Waals surface area contributed by atoms with Gasteiger partial charge in [-0.05, 0) is 17.7 Å². The minimum absolute atomic E-state index is 0.749. The van der Waals surface area contributed by atoms with Crippen LogP contribution in [0.4, 0.5) is 0 Å². The van der Waals surface area contributed by atoms with Crippen LogP contribution < -0.4 is 0 Å². The summed E-state index contributed by atoms with van der Waals surface area (Å²) >= 11 is 0. The summed E-state index contributed by atoms with van der Waals surface area (Å²) in [6, 6.07) is 13.9. The molecule has 0 unspecified atom stereocenters. The normalized spacial score (nSPS) is 10.8. The number of benzene rings is 1. The van der Waals surface area contributed by atoms with Gasteiger partial charge >= 0.3 is 0 Å². The zero-order chi connectivity index (χ0) is 10.8. The predicted molar refractivity (Wildman–Crippen MR) is 60.0 cm³/mol. The number of fused-ring (bicyclic) bond motifs is 1. The molecule has 3 rings (SSSR count). The second-order valence-corrected chi connectivity index (χ2v) is 3.57. The fraction of sp³-hybridized carbons (Fsp3) is 0.0833. The molecule has 0 aliphatic heterocycles. The summed E-state index contributed by atoms with van der Waals surface area (Å²) in [5, 5.41) is 12.4. The number of hydrogen-bond donors (Lipinski definition) is 0. The molecule has 1 aromatic carbocycles. The fourth-order valence-corrected chi connectivity index (χ4v) is 1.68. The van der Waals surface area contributed by atoms with Gasteiger partial charge in [0.2, 0.25) is 0 Å². The molecule has 0 atom stereocenters. The molecule has 0 amide bonds. The minimum atomic E-state index is 0.749. The topological polar surface area (TPSA) is 43.1 Å². The molecule has 0 bridgehead atoms. The fourth-order valence-electron chi connectivity index (χ4n) is 1.68. The molecule has 0 saturated heterocycles. The Kier molecular flexibility index (Phi) is 2.11. The Labute approximate surface area is 92.6 Å². The van der Waals surface area contributed by atoms with Gasteiger partial charge in [-0.25, -0.2) is 0 Å². The van der Waals surface area contributed by atoms with E-state index in [4.69, 9.17) is 0 Å². The van der Waals surface area contributed by atoms with Crippen LogP contribution >= 0.6 is 0 Å². The van der Waals surface area contributed by atoms with Gasteiger partial charge in [-0.2, -0.15) is 9.61 Å². The maximum absolute atomic E-state index is 4.23. The van der Waals surface area contributed by atoms with E-state index in [1.54, 1.807) is 10.7 Å². The van der Waals surface area contributed by atoms with Gasteiger partial charge in [0, 0.05) is 12.6 Å². The van der Waals surface area contributed by atoms with Gasteiger partial charge in [0.05, 0.1) is 0 Å². The second-order valence-electron chi connectivity index (χ2n) is 3.57. The van der Waals surface area contributed by atoms with Crippen LogP contribution in [0.3, 0.4) is 0 Å². The minimum Gasteiger partial charge on any atom is -0.197 e. The molecule has 0 N–H and O–H groups in total. The van der Waals surface area contributed by atoms with E-state index in [0.29, 0.717) is 0 Å². The Hall–Kier alpha value is -2.23. The highest BCUT2D eigenvalue weighted by Crippen LogP contribution is 2.07. The lowest BCUT2D eigenvalue weighted by Gasteiger charge is -1.98. The number of nitrogens with zero attached hydrogens (tertiary/aromatic N) is 4. The summed E-state index contributed by atoms with van der Waals surface area (Å²) in [7, 11) is 0. The first-order chi connectivity index (χ1) is 7.93. The number of aromatic nitrogens is 4. The predicted octanol–water partition coefficient (Wildman–Crippen LogP) is 1.72. The highest BCUT2D eigenvalue weighted by Gasteiger charge is 2.05. The number of rotatable bonds is 2. The zero-order valence-corrected chi connectivity index (χ0v) is 8.61. The largest absolute Gasteiger partial charge is 0.197 e. The Morgan fingerprint density at radius 2 is 1.81 bits per heavy atom. The summed E-state index contributed by atoms with van der Waals surface area (Å²) in [6.45, 7) is 0. The lowest BCUT2D eigenvalue weighted by atomic mass is 10.1. The van der Waals surface area contributed by atoms with Crippen molar-refractivity contribution in [2.24, 2.45) is 0 Å². The van der Waals surface area contributed by atoms with E-state index in [-0.39, 0.29) is 0 Å². The van der Waals surface area contributed by atoms with E-state index in [1.807, 2.05) is 30.3 Å². The molecule has 4 heteroatoms. The van der Waals surface area contributed by atoms with E-state index < -0.39 is 0 Å². The molecule has 16 heavy (non-hydrogen) atoms. The summed E-state index contributed by atoms with van der Waals surface area (Å²) in [6.07, 6.45) is 2.49. The molecule has 3 aromatic rings. The standard InChI is InChI=1S/C12H10N4/c1-2-5-10(6-3-1)9-12-15-14-11-7-4-8-13-16(11)12/h1-8H,9H2. The van der Waals surface area contributed by atoms with Gasteiger partial charge in [-0.15, -0.1) is 10.2 Å². The van der Waals surface area contributed by atoms with Crippen LogP contribution in [-0.2, 0) is 6.42 Å². The smallest absolute Gasteiger partial charge is 0.177 e. The van der Waals surface area contributed by atoms with Crippen molar-refractivity contribution in [2.75, 3.05) is 0 Å². The van der Waals surface area contributed by atoms with Gasteiger partial charge < -0.3 is 0 Å². The molecule has 4 nitrogen and oxygen atoms in total.